The van der Waals surface area contributed by atoms with E-state index >= 15 is 0 Å². The van der Waals surface area contributed by atoms with Crippen LogP contribution >= 0.6 is 11.3 Å². The summed E-state index contributed by atoms with van der Waals surface area (Å²) in [7, 11) is 0. The molecule has 2 aliphatic heterocycles. The molecule has 1 saturated heterocycles. The lowest BCUT2D eigenvalue weighted by Crippen LogP contribution is -2.47. The highest BCUT2D eigenvalue weighted by Gasteiger charge is 2.43. The number of fused-ring (bicyclic) bond motifs is 2. The van der Waals surface area contributed by atoms with Gasteiger partial charge >= 0.3 is 0 Å². The molecule has 0 atom stereocenters. The fraction of sp³-hybridized carbons (Fsp3) is 0.714. The Morgan fingerprint density at radius 1 is 1.26 bits per heavy atom. The number of amides is 2. The Morgan fingerprint density at radius 3 is 2.70 bits per heavy atom. The van der Waals surface area contributed by atoms with Gasteiger partial charge < -0.3 is 15.0 Å². The summed E-state index contributed by atoms with van der Waals surface area (Å²) in [6, 6.07) is 2.42. The molecule has 1 N–H and O–H groups in total. The summed E-state index contributed by atoms with van der Waals surface area (Å²) in [5.41, 5.74) is 0.974. The molecule has 0 radical (unpaired) electrons. The maximum absolute atomic E-state index is 12.8. The van der Waals surface area contributed by atoms with Gasteiger partial charge in [-0.15, -0.1) is 11.3 Å². The predicted octanol–water partition coefficient (Wildman–Crippen LogP) is 3.61. The monoisotopic (exact) mass is 390 g/mol. The Labute approximate surface area is 165 Å². The van der Waals surface area contributed by atoms with Crippen LogP contribution in [0.15, 0.2) is 6.07 Å². The molecule has 3 heterocycles. The molecule has 1 saturated carbocycles. The van der Waals surface area contributed by atoms with E-state index in [1.807, 2.05) is 11.8 Å². The number of hydrogen-bond donors (Lipinski definition) is 1. The normalized spacial score (nSPS) is 22.5. The molecule has 4 rings (SSSR count). The van der Waals surface area contributed by atoms with Crippen molar-refractivity contribution in [3.63, 3.8) is 0 Å². The van der Waals surface area contributed by atoms with E-state index in [0.29, 0.717) is 19.1 Å². The highest BCUT2D eigenvalue weighted by molar-refractivity contribution is 7.14. The van der Waals surface area contributed by atoms with E-state index in [1.165, 1.54) is 29.7 Å². The molecule has 2 fully saturated rings. The van der Waals surface area contributed by atoms with Gasteiger partial charge in [0.1, 0.15) is 5.60 Å². The van der Waals surface area contributed by atoms with Gasteiger partial charge in [0.2, 0.25) is 5.91 Å². The van der Waals surface area contributed by atoms with Crippen molar-refractivity contribution in [3.05, 3.63) is 21.4 Å². The van der Waals surface area contributed by atoms with Crippen LogP contribution in [0.2, 0.25) is 0 Å². The van der Waals surface area contributed by atoms with Crippen LogP contribution in [0.4, 0.5) is 0 Å². The van der Waals surface area contributed by atoms with Gasteiger partial charge in [0, 0.05) is 30.4 Å². The van der Waals surface area contributed by atoms with E-state index in [9.17, 15) is 9.59 Å². The molecule has 1 aliphatic carbocycles. The van der Waals surface area contributed by atoms with Crippen LogP contribution in [-0.4, -0.2) is 42.5 Å². The van der Waals surface area contributed by atoms with Crippen molar-refractivity contribution >= 4 is 23.2 Å². The van der Waals surface area contributed by atoms with Crippen molar-refractivity contribution in [2.75, 3.05) is 19.7 Å². The predicted molar refractivity (Wildman–Crippen MR) is 106 cm³/mol. The van der Waals surface area contributed by atoms with E-state index in [4.69, 9.17) is 4.74 Å². The average Bonchev–Trinajstić information content (AvgIpc) is 3.15. The number of carbonyl (C=O) groups is 2. The lowest BCUT2D eigenvalue weighted by molar-refractivity contribution is -0.139. The first-order chi connectivity index (χ1) is 13.1. The summed E-state index contributed by atoms with van der Waals surface area (Å²) in [5.74, 6) is 0.301. The minimum Gasteiger partial charge on any atom is -0.369 e. The second-order valence-electron chi connectivity index (χ2n) is 8.10. The Bertz CT molecular complexity index is 700. The zero-order valence-electron chi connectivity index (χ0n) is 16.2. The maximum atomic E-state index is 12.8. The molecule has 1 aromatic rings. The number of nitrogens with zero attached hydrogens (tertiary/aromatic N) is 1. The van der Waals surface area contributed by atoms with Crippen LogP contribution in [0.5, 0.6) is 0 Å². The smallest absolute Gasteiger partial charge is 0.261 e. The number of thiophene rings is 1. The van der Waals surface area contributed by atoms with E-state index in [1.54, 1.807) is 11.3 Å². The van der Waals surface area contributed by atoms with Crippen molar-refractivity contribution < 1.29 is 14.3 Å². The Balaban J connectivity index is 1.48. The number of piperidine rings is 1. The number of likely N-dealkylation sites (tertiary alicyclic amines) is 1. The molecule has 2 amide bonds. The number of hydrogen-bond acceptors (Lipinski definition) is 4. The van der Waals surface area contributed by atoms with Crippen molar-refractivity contribution in [1.82, 2.24) is 10.2 Å². The maximum Gasteiger partial charge on any atom is 0.261 e. The second kappa shape index (κ2) is 7.92. The Kier molecular flexibility index (Phi) is 5.55. The van der Waals surface area contributed by atoms with E-state index < -0.39 is 0 Å². The van der Waals surface area contributed by atoms with Gasteiger partial charge in [-0.3, -0.25) is 9.59 Å². The Morgan fingerprint density at radius 2 is 2.00 bits per heavy atom. The van der Waals surface area contributed by atoms with Crippen molar-refractivity contribution in [3.8, 4) is 0 Å². The third-order valence-electron chi connectivity index (χ3n) is 6.36. The minimum absolute atomic E-state index is 0.0787. The minimum atomic E-state index is -0.299. The average molecular weight is 391 g/mol. The first kappa shape index (κ1) is 18.9. The topological polar surface area (TPSA) is 58.6 Å². The summed E-state index contributed by atoms with van der Waals surface area (Å²) < 4.78 is 6.28. The molecule has 0 unspecified atom stereocenters. The van der Waals surface area contributed by atoms with Crippen LogP contribution in [-0.2, 0) is 21.6 Å². The second-order valence-corrected chi connectivity index (χ2v) is 9.15. The van der Waals surface area contributed by atoms with Gasteiger partial charge in [0.15, 0.2) is 0 Å². The number of rotatable bonds is 3. The summed E-state index contributed by atoms with van der Waals surface area (Å²) in [6.07, 6.45) is 9.02. The van der Waals surface area contributed by atoms with Gasteiger partial charge in [-0.25, -0.2) is 0 Å². The van der Waals surface area contributed by atoms with Crippen molar-refractivity contribution in [2.45, 2.75) is 76.4 Å². The first-order valence-electron chi connectivity index (χ1n) is 10.5. The molecule has 0 aromatic carbocycles. The highest BCUT2D eigenvalue weighted by atomic mass is 32.1. The Hall–Kier alpha value is -1.40. The van der Waals surface area contributed by atoms with Gasteiger partial charge in [0.05, 0.1) is 11.5 Å². The third kappa shape index (κ3) is 3.79. The highest BCUT2D eigenvalue weighted by Crippen LogP contribution is 2.45. The van der Waals surface area contributed by atoms with Gasteiger partial charge in [0.25, 0.3) is 5.91 Å². The van der Waals surface area contributed by atoms with Crippen LogP contribution in [0.1, 0.15) is 78.4 Å². The molecule has 5 nitrogen and oxygen atoms in total. The zero-order valence-corrected chi connectivity index (χ0v) is 17.0. The lowest BCUT2D eigenvalue weighted by Gasteiger charge is -2.43. The molecule has 0 bridgehead atoms. The largest absolute Gasteiger partial charge is 0.369 e. The van der Waals surface area contributed by atoms with Gasteiger partial charge in [-0.1, -0.05) is 26.2 Å². The van der Waals surface area contributed by atoms with Crippen LogP contribution in [0, 0.1) is 0 Å². The first-order valence-corrected chi connectivity index (χ1v) is 11.3. The van der Waals surface area contributed by atoms with Crippen LogP contribution in [0.3, 0.4) is 0 Å². The molecular weight excluding hydrogens is 360 g/mol. The number of carbonyl (C=O) groups excluding carboxylic acids is 2. The van der Waals surface area contributed by atoms with E-state index in [0.717, 1.165) is 50.1 Å². The molecule has 3 aliphatic rings. The summed E-state index contributed by atoms with van der Waals surface area (Å²) >= 11 is 1.61. The quantitative estimate of drug-likeness (QED) is 0.858. The van der Waals surface area contributed by atoms with Crippen molar-refractivity contribution in [2.24, 2.45) is 0 Å². The van der Waals surface area contributed by atoms with Crippen LogP contribution < -0.4 is 5.32 Å². The number of ether oxygens (including phenoxy) is 1. The summed E-state index contributed by atoms with van der Waals surface area (Å²) in [6.45, 7) is 4.11. The number of nitrogens with one attached hydrogen (secondary N) is 1. The van der Waals surface area contributed by atoms with Crippen molar-refractivity contribution in [1.29, 1.82) is 0 Å². The standard InChI is InChI=1S/C21H30N2O3S/c1-2-18(24)23-11-9-21(10-12-23)19-15(8-13-26-21)14-17(27-19)20(25)22-16-6-4-3-5-7-16/h14,16H,2-13H2,1H3,(H,22,25). The molecule has 6 heteroatoms. The lowest BCUT2D eigenvalue weighted by atomic mass is 9.85. The summed E-state index contributed by atoms with van der Waals surface area (Å²) in [4.78, 5) is 28.8. The van der Waals surface area contributed by atoms with Gasteiger partial charge in [-0.2, -0.15) is 0 Å². The molecule has 148 valence electrons. The fourth-order valence-electron chi connectivity index (χ4n) is 4.75. The van der Waals surface area contributed by atoms with E-state index in [-0.39, 0.29) is 17.4 Å². The molecule has 27 heavy (non-hydrogen) atoms. The molecule has 1 aromatic heterocycles. The zero-order chi connectivity index (χ0) is 18.9. The SMILES string of the molecule is CCC(=O)N1CCC2(CC1)OCCc1cc(C(=O)NC3CCCCC3)sc12. The summed E-state index contributed by atoms with van der Waals surface area (Å²) in [5, 5.41) is 3.24. The van der Waals surface area contributed by atoms with E-state index in [2.05, 4.69) is 11.4 Å². The fourth-order valence-corrected chi connectivity index (χ4v) is 6.06. The van der Waals surface area contributed by atoms with Gasteiger partial charge in [-0.05, 0) is 43.7 Å². The van der Waals surface area contributed by atoms with Crippen LogP contribution in [0.25, 0.3) is 0 Å². The third-order valence-corrected chi connectivity index (χ3v) is 7.72. The molecule has 1 spiro atoms. The molecular formula is C21H30N2O3S.